The second-order valence-corrected chi connectivity index (χ2v) is 4.77. The van der Waals surface area contributed by atoms with E-state index in [2.05, 4.69) is 39.5 Å². The molecule has 0 bridgehead atoms. The Labute approximate surface area is 102 Å². The molecule has 1 nitrogen and oxygen atoms in total. The van der Waals surface area contributed by atoms with Crippen LogP contribution >= 0.6 is 39.7 Å². The van der Waals surface area contributed by atoms with Crippen molar-refractivity contribution in [1.29, 1.82) is 0 Å². The predicted octanol–water partition coefficient (Wildman–Crippen LogP) is 3.59. The molecule has 0 spiro atoms. The van der Waals surface area contributed by atoms with E-state index in [-0.39, 0.29) is 12.4 Å². The van der Waals surface area contributed by atoms with Gasteiger partial charge in [0.25, 0.3) is 0 Å². The number of rotatable bonds is 2. The Morgan fingerprint density at radius 1 is 1.36 bits per heavy atom. The van der Waals surface area contributed by atoms with Crippen molar-refractivity contribution in [2.24, 2.45) is 5.73 Å². The largest absolute Gasteiger partial charge is 0.330 e. The molecule has 0 atom stereocenters. The topological polar surface area (TPSA) is 26.0 Å². The van der Waals surface area contributed by atoms with Crippen LogP contribution in [0.25, 0.3) is 10.1 Å². The van der Waals surface area contributed by atoms with Gasteiger partial charge >= 0.3 is 0 Å². The van der Waals surface area contributed by atoms with E-state index in [4.69, 9.17) is 5.73 Å². The quantitative estimate of drug-likeness (QED) is 0.899. The minimum absolute atomic E-state index is 0. The molecule has 76 valence electrons. The lowest BCUT2D eigenvalue weighted by atomic mass is 10.1. The van der Waals surface area contributed by atoms with Gasteiger partial charge in [-0.1, -0.05) is 15.9 Å². The number of nitrogens with two attached hydrogens (primary N) is 1. The fourth-order valence-corrected chi connectivity index (χ4v) is 2.74. The van der Waals surface area contributed by atoms with E-state index in [1.54, 1.807) is 11.3 Å². The summed E-state index contributed by atoms with van der Waals surface area (Å²) in [6.45, 7) is 0.721. The van der Waals surface area contributed by atoms with Gasteiger partial charge in [0.15, 0.2) is 0 Å². The number of thiophene rings is 1. The fourth-order valence-electron chi connectivity index (χ4n) is 1.40. The molecule has 1 aromatic carbocycles. The van der Waals surface area contributed by atoms with Gasteiger partial charge in [-0.3, -0.25) is 0 Å². The smallest absolute Gasteiger partial charge is 0.0346 e. The third-order valence-electron chi connectivity index (χ3n) is 2.03. The summed E-state index contributed by atoms with van der Waals surface area (Å²) in [7, 11) is 0. The van der Waals surface area contributed by atoms with Crippen LogP contribution in [0, 0.1) is 0 Å². The first-order chi connectivity index (χ1) is 6.31. The summed E-state index contributed by atoms with van der Waals surface area (Å²) in [6, 6.07) is 6.38. The number of halogens is 2. The molecular formula is C10H11BrClNS. The van der Waals surface area contributed by atoms with Crippen molar-refractivity contribution in [1.82, 2.24) is 0 Å². The Balaban J connectivity index is 0.000000980. The molecule has 0 unspecified atom stereocenters. The maximum absolute atomic E-state index is 5.54. The van der Waals surface area contributed by atoms with Crippen LogP contribution in [0.2, 0.25) is 0 Å². The highest BCUT2D eigenvalue weighted by atomic mass is 79.9. The van der Waals surface area contributed by atoms with Gasteiger partial charge in [0.1, 0.15) is 0 Å². The normalized spacial score (nSPS) is 10.1. The molecule has 0 radical (unpaired) electrons. The summed E-state index contributed by atoms with van der Waals surface area (Å²) < 4.78 is 2.48. The van der Waals surface area contributed by atoms with Crippen LogP contribution in [0.3, 0.4) is 0 Å². The van der Waals surface area contributed by atoms with E-state index in [1.165, 1.54) is 15.6 Å². The van der Waals surface area contributed by atoms with Crippen molar-refractivity contribution in [3.63, 3.8) is 0 Å². The lowest BCUT2D eigenvalue weighted by molar-refractivity contribution is 0.981. The molecule has 4 heteroatoms. The minimum Gasteiger partial charge on any atom is -0.330 e. The lowest BCUT2D eigenvalue weighted by Gasteiger charge is -1.96. The predicted molar refractivity (Wildman–Crippen MR) is 69.5 cm³/mol. The molecule has 0 amide bonds. The lowest BCUT2D eigenvalue weighted by Crippen LogP contribution is -2.01. The standard InChI is InChI=1S/C10H10BrNS.ClH/c11-8-1-2-10-9(5-8)7(3-4-12)6-13-10;/h1-2,5-6H,3-4,12H2;1H. The van der Waals surface area contributed by atoms with Crippen LogP contribution in [0.4, 0.5) is 0 Å². The van der Waals surface area contributed by atoms with Gasteiger partial charge in [0, 0.05) is 9.17 Å². The Kier molecular flexibility index (Phi) is 4.38. The van der Waals surface area contributed by atoms with E-state index < -0.39 is 0 Å². The molecule has 2 rings (SSSR count). The number of hydrogen-bond acceptors (Lipinski definition) is 2. The zero-order valence-electron chi connectivity index (χ0n) is 7.50. The van der Waals surface area contributed by atoms with Crippen LogP contribution in [-0.4, -0.2) is 6.54 Å². The van der Waals surface area contributed by atoms with Crippen LogP contribution in [0.15, 0.2) is 28.1 Å². The third-order valence-corrected chi connectivity index (χ3v) is 3.53. The highest BCUT2D eigenvalue weighted by Gasteiger charge is 2.02. The van der Waals surface area contributed by atoms with E-state index in [1.807, 2.05) is 0 Å². The van der Waals surface area contributed by atoms with Crippen molar-refractivity contribution in [3.8, 4) is 0 Å². The summed E-state index contributed by atoms with van der Waals surface area (Å²) in [5, 5.41) is 3.54. The molecule has 1 heterocycles. The zero-order valence-corrected chi connectivity index (χ0v) is 10.7. The van der Waals surface area contributed by atoms with E-state index in [0.717, 1.165) is 17.4 Å². The second-order valence-electron chi connectivity index (χ2n) is 2.94. The summed E-state index contributed by atoms with van der Waals surface area (Å²) in [5.74, 6) is 0. The van der Waals surface area contributed by atoms with Gasteiger partial charge in [0.2, 0.25) is 0 Å². The van der Waals surface area contributed by atoms with Gasteiger partial charge in [-0.25, -0.2) is 0 Å². The van der Waals surface area contributed by atoms with E-state index >= 15 is 0 Å². The van der Waals surface area contributed by atoms with Crippen molar-refractivity contribution < 1.29 is 0 Å². The zero-order chi connectivity index (χ0) is 9.26. The summed E-state index contributed by atoms with van der Waals surface area (Å²) in [5.41, 5.74) is 6.91. The second kappa shape index (κ2) is 5.12. The Bertz CT molecular complexity index is 427. The van der Waals surface area contributed by atoms with Crippen molar-refractivity contribution in [2.75, 3.05) is 6.54 Å². The molecule has 0 aliphatic heterocycles. The van der Waals surface area contributed by atoms with E-state index in [0.29, 0.717) is 0 Å². The van der Waals surface area contributed by atoms with Crippen molar-refractivity contribution >= 4 is 49.8 Å². The first-order valence-corrected chi connectivity index (χ1v) is 5.84. The Hall–Kier alpha value is -0.0900. The number of hydrogen-bond donors (Lipinski definition) is 1. The molecule has 0 fully saturated rings. The molecule has 0 saturated heterocycles. The molecule has 0 saturated carbocycles. The highest BCUT2D eigenvalue weighted by molar-refractivity contribution is 9.10. The third kappa shape index (κ3) is 2.28. The molecule has 0 aliphatic carbocycles. The van der Waals surface area contributed by atoms with Crippen LogP contribution in [0.1, 0.15) is 5.56 Å². The molecule has 14 heavy (non-hydrogen) atoms. The van der Waals surface area contributed by atoms with Crippen LogP contribution < -0.4 is 5.73 Å². The van der Waals surface area contributed by atoms with Crippen LogP contribution in [0.5, 0.6) is 0 Å². The minimum atomic E-state index is 0. The van der Waals surface area contributed by atoms with E-state index in [9.17, 15) is 0 Å². The SMILES string of the molecule is Cl.NCCc1csc2ccc(Br)cc12. The first kappa shape index (κ1) is 12.0. The average molecular weight is 293 g/mol. The van der Waals surface area contributed by atoms with Crippen molar-refractivity contribution in [3.05, 3.63) is 33.6 Å². The average Bonchev–Trinajstić information content (AvgIpc) is 2.49. The summed E-state index contributed by atoms with van der Waals surface area (Å²) in [4.78, 5) is 0. The Morgan fingerprint density at radius 2 is 2.14 bits per heavy atom. The van der Waals surface area contributed by atoms with Gasteiger partial charge in [-0.2, -0.15) is 0 Å². The maximum atomic E-state index is 5.54. The van der Waals surface area contributed by atoms with Gasteiger partial charge in [-0.15, -0.1) is 23.7 Å². The molecule has 2 N–H and O–H groups in total. The summed E-state index contributed by atoms with van der Waals surface area (Å²) in [6.07, 6.45) is 0.969. The summed E-state index contributed by atoms with van der Waals surface area (Å²) >= 11 is 5.26. The number of fused-ring (bicyclic) bond motifs is 1. The number of benzene rings is 1. The van der Waals surface area contributed by atoms with Gasteiger partial charge < -0.3 is 5.73 Å². The maximum Gasteiger partial charge on any atom is 0.0346 e. The highest BCUT2D eigenvalue weighted by Crippen LogP contribution is 2.28. The first-order valence-electron chi connectivity index (χ1n) is 4.17. The van der Waals surface area contributed by atoms with Crippen molar-refractivity contribution in [2.45, 2.75) is 6.42 Å². The molecule has 1 aromatic heterocycles. The van der Waals surface area contributed by atoms with Crippen LogP contribution in [-0.2, 0) is 6.42 Å². The molecule has 0 aliphatic rings. The van der Waals surface area contributed by atoms with Gasteiger partial charge in [0.05, 0.1) is 0 Å². The Morgan fingerprint density at radius 3 is 2.86 bits per heavy atom. The molecular weight excluding hydrogens is 282 g/mol. The fraction of sp³-hybridized carbons (Fsp3) is 0.200. The molecule has 2 aromatic rings. The monoisotopic (exact) mass is 291 g/mol. The van der Waals surface area contributed by atoms with Gasteiger partial charge in [-0.05, 0) is 47.5 Å².